The Kier molecular flexibility index (Phi) is 11.5. The van der Waals surface area contributed by atoms with Crippen molar-refractivity contribution in [1.82, 2.24) is 15.4 Å². The normalized spacial score (nSPS) is 13.1. The minimum Gasteiger partial charge on any atom is -0.492 e. The molecule has 0 radical (unpaired) electrons. The number of aromatic hydroxyl groups is 2. The third-order valence-corrected chi connectivity index (χ3v) is 10.2. The fourth-order valence-corrected chi connectivity index (χ4v) is 7.26. The molecule has 4 N–H and O–H groups in total. The summed E-state index contributed by atoms with van der Waals surface area (Å²) in [5.74, 6) is -1.38. The fourth-order valence-electron chi connectivity index (χ4n) is 4.79. The molecule has 12 heteroatoms. The molecule has 236 valence electrons. The van der Waals surface area contributed by atoms with Crippen molar-refractivity contribution in [2.45, 2.75) is 63.2 Å². The number of hydrogen-bond donors (Lipinski definition) is 4. The monoisotopic (exact) mass is 641 g/mol. The Morgan fingerprint density at radius 1 is 0.909 bits per heavy atom. The highest BCUT2D eigenvalue weighted by Crippen LogP contribution is 2.44. The SMILES string of the molecule is CC(C)(C)SSCC(NC(=O)OCC1c2ccccc2-c2ccccc21)C(=O)NCCCCCC(=O)On1c(O)ccc1O. The molecule has 0 aliphatic heterocycles. The number of nitrogens with zero attached hydrogens (tertiary/aromatic N) is 1. The van der Waals surface area contributed by atoms with Crippen LogP contribution >= 0.6 is 21.6 Å². The number of amides is 2. The van der Waals surface area contributed by atoms with Gasteiger partial charge in [0.2, 0.25) is 17.7 Å². The van der Waals surface area contributed by atoms with Crippen molar-refractivity contribution in [3.05, 3.63) is 71.8 Å². The molecular formula is C32H39N3O7S2. The first-order chi connectivity index (χ1) is 21.0. The average Bonchev–Trinajstić information content (AvgIpc) is 3.48. The van der Waals surface area contributed by atoms with Crippen molar-refractivity contribution < 1.29 is 34.2 Å². The molecule has 4 rings (SSSR count). The first kappa shape index (κ1) is 33.1. The molecule has 0 saturated carbocycles. The van der Waals surface area contributed by atoms with Gasteiger partial charge in [-0.15, -0.1) is 4.73 Å². The largest absolute Gasteiger partial charge is 0.492 e. The predicted molar refractivity (Wildman–Crippen MR) is 173 cm³/mol. The highest BCUT2D eigenvalue weighted by Gasteiger charge is 2.30. The van der Waals surface area contributed by atoms with E-state index in [9.17, 15) is 24.6 Å². The summed E-state index contributed by atoms with van der Waals surface area (Å²) in [6, 6.07) is 17.9. The highest BCUT2D eigenvalue weighted by molar-refractivity contribution is 8.77. The van der Waals surface area contributed by atoms with Gasteiger partial charge in [-0.3, -0.25) is 4.79 Å². The molecular weight excluding hydrogens is 603 g/mol. The Hall–Kier alpha value is -3.77. The maximum absolute atomic E-state index is 13.1. The van der Waals surface area contributed by atoms with Crippen LogP contribution in [0, 0.1) is 0 Å². The van der Waals surface area contributed by atoms with Crippen molar-refractivity contribution >= 4 is 39.6 Å². The molecule has 3 aromatic rings. The average molecular weight is 642 g/mol. The van der Waals surface area contributed by atoms with E-state index in [4.69, 9.17) is 9.57 Å². The van der Waals surface area contributed by atoms with Gasteiger partial charge in [0.25, 0.3) is 0 Å². The molecule has 2 aromatic carbocycles. The number of rotatable bonds is 14. The maximum atomic E-state index is 13.1. The summed E-state index contributed by atoms with van der Waals surface area (Å²) in [6.07, 6.45) is 1.18. The number of ether oxygens (including phenoxy) is 1. The Balaban J connectivity index is 1.24. The molecule has 2 amide bonds. The quantitative estimate of drug-likeness (QED) is 0.131. The third kappa shape index (κ3) is 9.12. The second-order valence-electron chi connectivity index (χ2n) is 11.4. The Bertz CT molecular complexity index is 1390. The summed E-state index contributed by atoms with van der Waals surface area (Å²) in [6.45, 7) is 6.77. The van der Waals surface area contributed by atoms with Gasteiger partial charge in [-0.05, 0) is 35.1 Å². The number of nitrogens with one attached hydrogen (secondary N) is 2. The number of hydrogen-bond acceptors (Lipinski definition) is 9. The van der Waals surface area contributed by atoms with Crippen LogP contribution < -0.4 is 15.5 Å². The van der Waals surface area contributed by atoms with Crippen molar-refractivity contribution in [3.8, 4) is 22.9 Å². The van der Waals surface area contributed by atoms with Gasteiger partial charge in [0.15, 0.2) is 0 Å². The minimum absolute atomic E-state index is 0.0184. The van der Waals surface area contributed by atoms with E-state index < -0.39 is 18.1 Å². The van der Waals surface area contributed by atoms with Gasteiger partial charge in [-0.25, -0.2) is 9.59 Å². The van der Waals surface area contributed by atoms with E-state index in [0.717, 1.165) is 22.3 Å². The van der Waals surface area contributed by atoms with E-state index in [2.05, 4.69) is 55.7 Å². The summed E-state index contributed by atoms with van der Waals surface area (Å²) in [5.41, 5.74) is 4.51. The zero-order chi connectivity index (χ0) is 31.7. The molecule has 0 fully saturated rings. The van der Waals surface area contributed by atoms with E-state index in [1.807, 2.05) is 24.3 Å². The summed E-state index contributed by atoms with van der Waals surface area (Å²) in [7, 11) is 3.15. The van der Waals surface area contributed by atoms with Crippen LogP contribution in [0.4, 0.5) is 4.79 Å². The lowest BCUT2D eigenvalue weighted by Gasteiger charge is -2.21. The molecule has 44 heavy (non-hydrogen) atoms. The topological polar surface area (TPSA) is 139 Å². The van der Waals surface area contributed by atoms with E-state index >= 15 is 0 Å². The molecule has 10 nitrogen and oxygen atoms in total. The van der Waals surface area contributed by atoms with Crippen LogP contribution in [0.25, 0.3) is 11.1 Å². The zero-order valence-corrected chi connectivity index (χ0v) is 26.7. The second kappa shape index (κ2) is 15.3. The second-order valence-corrected chi connectivity index (χ2v) is 14.6. The molecule has 0 bridgehead atoms. The Morgan fingerprint density at radius 3 is 2.14 bits per heavy atom. The number of unbranched alkanes of at least 4 members (excludes halogenated alkanes) is 2. The van der Waals surface area contributed by atoms with Crippen molar-refractivity contribution in [3.63, 3.8) is 0 Å². The first-order valence-corrected chi connectivity index (χ1v) is 16.9. The number of carbonyl (C=O) groups is 3. The van der Waals surface area contributed by atoms with Gasteiger partial charge in [-0.2, -0.15) is 0 Å². The molecule has 1 atom stereocenters. The fraction of sp³-hybridized carbons (Fsp3) is 0.406. The highest BCUT2D eigenvalue weighted by atomic mass is 33.1. The van der Waals surface area contributed by atoms with Crippen LogP contribution in [0.3, 0.4) is 0 Å². The Morgan fingerprint density at radius 2 is 1.52 bits per heavy atom. The van der Waals surface area contributed by atoms with Crippen LogP contribution in [0.1, 0.15) is 63.5 Å². The number of benzene rings is 2. The van der Waals surface area contributed by atoms with E-state index in [1.54, 1.807) is 10.8 Å². The summed E-state index contributed by atoms with van der Waals surface area (Å²) in [5, 5.41) is 24.8. The van der Waals surface area contributed by atoms with Gasteiger partial charge in [0, 0.05) is 41.5 Å². The summed E-state index contributed by atoms with van der Waals surface area (Å²) >= 11 is 0. The molecule has 1 aliphatic rings. The van der Waals surface area contributed by atoms with Crippen LogP contribution in [-0.2, 0) is 14.3 Å². The van der Waals surface area contributed by atoms with Crippen LogP contribution in [0.15, 0.2) is 60.7 Å². The van der Waals surface area contributed by atoms with Crippen molar-refractivity contribution in [2.24, 2.45) is 0 Å². The summed E-state index contributed by atoms with van der Waals surface area (Å²) in [4.78, 5) is 42.9. The van der Waals surface area contributed by atoms with E-state index in [0.29, 0.717) is 36.3 Å². The lowest BCUT2D eigenvalue weighted by atomic mass is 9.98. The standard InChI is InChI=1S/C32H39N3O7S2/c1-32(2,3)44-43-20-26(30(39)33-18-10-4-5-15-29(38)42-35-27(36)16-17-28(35)37)34-31(40)41-19-25-23-13-8-6-11-21(23)22-12-7-9-14-24(22)25/h6-9,11-14,16-17,25-26,36-37H,4-5,10,15,18-20H2,1-3H3,(H,33,39)(H,34,40). The van der Waals surface area contributed by atoms with Gasteiger partial charge in [0.1, 0.15) is 12.6 Å². The number of aromatic nitrogens is 1. The molecule has 0 saturated heterocycles. The molecule has 1 heterocycles. The Labute approximate surface area is 265 Å². The molecule has 0 spiro atoms. The first-order valence-electron chi connectivity index (χ1n) is 14.5. The summed E-state index contributed by atoms with van der Waals surface area (Å²) < 4.78 is 6.31. The molecule has 1 aliphatic carbocycles. The van der Waals surface area contributed by atoms with Gasteiger partial charge in [0.05, 0.1) is 0 Å². The van der Waals surface area contributed by atoms with Crippen molar-refractivity contribution in [1.29, 1.82) is 0 Å². The number of fused-ring (bicyclic) bond motifs is 3. The van der Waals surface area contributed by atoms with E-state index in [-0.39, 0.29) is 41.4 Å². The van der Waals surface area contributed by atoms with E-state index in [1.165, 1.54) is 22.9 Å². The number of alkyl carbamates (subject to hydrolysis) is 1. The molecule has 1 unspecified atom stereocenters. The van der Waals surface area contributed by atoms with Gasteiger partial charge in [-0.1, -0.05) is 97.3 Å². The zero-order valence-electron chi connectivity index (χ0n) is 25.1. The number of carbonyl (C=O) groups excluding carboxylic acids is 3. The lowest BCUT2D eigenvalue weighted by molar-refractivity contribution is -0.145. The van der Waals surface area contributed by atoms with Crippen LogP contribution in [-0.4, -0.2) is 62.6 Å². The van der Waals surface area contributed by atoms with Crippen LogP contribution in [0.5, 0.6) is 11.8 Å². The third-order valence-electron chi connectivity index (χ3n) is 6.84. The minimum atomic E-state index is -0.789. The smallest absolute Gasteiger partial charge is 0.407 e. The lowest BCUT2D eigenvalue weighted by Crippen LogP contribution is -2.48. The molecule has 1 aromatic heterocycles. The van der Waals surface area contributed by atoms with Crippen LogP contribution in [0.2, 0.25) is 0 Å². The van der Waals surface area contributed by atoms with Gasteiger partial charge >= 0.3 is 12.1 Å². The van der Waals surface area contributed by atoms with Gasteiger partial charge < -0.3 is 30.4 Å². The van der Waals surface area contributed by atoms with Crippen molar-refractivity contribution in [2.75, 3.05) is 18.9 Å². The maximum Gasteiger partial charge on any atom is 0.407 e. The predicted octanol–water partition coefficient (Wildman–Crippen LogP) is 5.62.